The van der Waals surface area contributed by atoms with Crippen LogP contribution in [0.5, 0.6) is 0 Å². The molecule has 2 N–H and O–H groups in total. The first kappa shape index (κ1) is 13.0. The summed E-state index contributed by atoms with van der Waals surface area (Å²) in [6.07, 6.45) is 5.08. The molecular formula is C15H17N3O2S. The predicted octanol–water partition coefficient (Wildman–Crippen LogP) is 1.76. The zero-order chi connectivity index (χ0) is 14.4. The van der Waals surface area contributed by atoms with E-state index in [1.165, 1.54) is 30.4 Å². The molecule has 1 amide bonds. The minimum atomic E-state index is -0.260. The van der Waals surface area contributed by atoms with Crippen molar-refractivity contribution in [2.24, 2.45) is 5.92 Å². The molecule has 1 unspecified atom stereocenters. The van der Waals surface area contributed by atoms with Crippen LogP contribution in [-0.4, -0.2) is 35.0 Å². The molecule has 1 atom stereocenters. The number of carbonyl (C=O) groups is 1. The van der Waals surface area contributed by atoms with Gasteiger partial charge in [-0.05, 0) is 36.6 Å². The van der Waals surface area contributed by atoms with Crippen molar-refractivity contribution in [3.05, 3.63) is 33.4 Å². The number of aromatic nitrogens is 1. The van der Waals surface area contributed by atoms with Gasteiger partial charge >= 0.3 is 0 Å². The molecule has 2 bridgehead atoms. The SMILES string of the molecule is O=C(NC1CC2CCN1CC2)c1c[nH]c2ccsc2c1=O. The molecule has 6 heteroatoms. The number of hydrogen-bond acceptors (Lipinski definition) is 4. The largest absolute Gasteiger partial charge is 0.359 e. The van der Waals surface area contributed by atoms with Gasteiger partial charge in [-0.15, -0.1) is 11.3 Å². The van der Waals surface area contributed by atoms with E-state index in [2.05, 4.69) is 15.2 Å². The number of amides is 1. The lowest BCUT2D eigenvalue weighted by atomic mass is 9.86. The Labute approximate surface area is 126 Å². The zero-order valence-electron chi connectivity index (χ0n) is 11.6. The monoisotopic (exact) mass is 303 g/mol. The third-order valence-corrected chi connectivity index (χ3v) is 5.59. The van der Waals surface area contributed by atoms with E-state index in [9.17, 15) is 9.59 Å². The fourth-order valence-corrected chi connectivity index (χ4v) is 4.26. The Kier molecular flexibility index (Phi) is 3.08. The number of fused-ring (bicyclic) bond motifs is 4. The fourth-order valence-electron chi connectivity index (χ4n) is 3.45. The normalized spacial score (nSPS) is 27.9. The van der Waals surface area contributed by atoms with Crippen molar-refractivity contribution in [1.29, 1.82) is 0 Å². The van der Waals surface area contributed by atoms with Gasteiger partial charge in [0.25, 0.3) is 5.91 Å². The van der Waals surface area contributed by atoms with Gasteiger partial charge in [0.15, 0.2) is 0 Å². The molecule has 110 valence electrons. The molecule has 3 saturated heterocycles. The Morgan fingerprint density at radius 3 is 2.90 bits per heavy atom. The lowest BCUT2D eigenvalue weighted by Gasteiger charge is -2.45. The first-order valence-corrected chi connectivity index (χ1v) is 8.24. The highest BCUT2D eigenvalue weighted by atomic mass is 32.1. The second kappa shape index (κ2) is 4.96. The summed E-state index contributed by atoms with van der Waals surface area (Å²) < 4.78 is 0.619. The van der Waals surface area contributed by atoms with Gasteiger partial charge in [0.05, 0.1) is 16.4 Å². The molecule has 21 heavy (non-hydrogen) atoms. The fraction of sp³-hybridized carbons (Fsp3) is 0.467. The minimum Gasteiger partial charge on any atom is -0.359 e. The molecule has 5 heterocycles. The highest BCUT2D eigenvalue weighted by Gasteiger charge is 2.34. The van der Waals surface area contributed by atoms with Crippen LogP contribution in [-0.2, 0) is 0 Å². The Balaban J connectivity index is 1.59. The summed E-state index contributed by atoms with van der Waals surface area (Å²) in [4.78, 5) is 30.1. The number of hydrogen-bond donors (Lipinski definition) is 2. The number of pyridine rings is 1. The van der Waals surface area contributed by atoms with Gasteiger partial charge in [0.1, 0.15) is 5.56 Å². The molecule has 3 fully saturated rings. The maximum Gasteiger partial charge on any atom is 0.258 e. The number of piperidine rings is 3. The zero-order valence-corrected chi connectivity index (χ0v) is 12.4. The third-order valence-electron chi connectivity index (χ3n) is 4.68. The van der Waals surface area contributed by atoms with E-state index in [1.807, 2.05) is 11.4 Å². The highest BCUT2D eigenvalue weighted by Crippen LogP contribution is 2.30. The van der Waals surface area contributed by atoms with Crippen LogP contribution in [0.3, 0.4) is 0 Å². The van der Waals surface area contributed by atoms with Gasteiger partial charge < -0.3 is 10.3 Å². The van der Waals surface area contributed by atoms with E-state index >= 15 is 0 Å². The molecule has 0 spiro atoms. The standard InChI is InChI=1S/C15H17N3O2S/c19-13-10(8-16-11-3-6-21-14(11)13)15(20)17-12-7-9-1-4-18(12)5-2-9/h3,6,8-9,12H,1-2,4-5,7H2,(H,16,19)(H,17,20). The summed E-state index contributed by atoms with van der Waals surface area (Å²) in [5.74, 6) is 0.461. The number of carbonyl (C=O) groups excluding carboxylic acids is 1. The molecule has 0 saturated carbocycles. The van der Waals surface area contributed by atoms with Crippen LogP contribution in [0.1, 0.15) is 29.6 Å². The minimum absolute atomic E-state index is 0.0865. The van der Waals surface area contributed by atoms with Crippen LogP contribution in [0.4, 0.5) is 0 Å². The topological polar surface area (TPSA) is 65.2 Å². The maximum absolute atomic E-state index is 12.4. The maximum atomic E-state index is 12.4. The lowest BCUT2D eigenvalue weighted by Crippen LogP contribution is -2.56. The Morgan fingerprint density at radius 1 is 1.38 bits per heavy atom. The molecule has 0 aromatic carbocycles. The average molecular weight is 303 g/mol. The van der Waals surface area contributed by atoms with E-state index in [0.29, 0.717) is 4.70 Å². The van der Waals surface area contributed by atoms with E-state index in [0.717, 1.165) is 30.9 Å². The van der Waals surface area contributed by atoms with Crippen LogP contribution < -0.4 is 10.7 Å². The molecule has 2 aromatic rings. The van der Waals surface area contributed by atoms with Crippen LogP contribution in [0.2, 0.25) is 0 Å². The third kappa shape index (κ3) is 2.18. The van der Waals surface area contributed by atoms with E-state index in [1.54, 1.807) is 0 Å². The Bertz CT molecular complexity index is 743. The summed E-state index contributed by atoms with van der Waals surface area (Å²) in [6.45, 7) is 2.10. The first-order valence-electron chi connectivity index (χ1n) is 7.36. The number of aromatic amines is 1. The van der Waals surface area contributed by atoms with Crippen molar-refractivity contribution in [3.8, 4) is 0 Å². The number of H-pyrrole nitrogens is 1. The summed E-state index contributed by atoms with van der Waals surface area (Å²) in [6, 6.07) is 1.86. The molecular weight excluding hydrogens is 286 g/mol. The van der Waals surface area contributed by atoms with Crippen LogP contribution in [0.25, 0.3) is 10.2 Å². The molecule has 3 aliphatic heterocycles. The molecule has 5 rings (SSSR count). The molecule has 0 aliphatic carbocycles. The Morgan fingerprint density at radius 2 is 2.19 bits per heavy atom. The van der Waals surface area contributed by atoms with Crippen molar-refractivity contribution < 1.29 is 4.79 Å². The van der Waals surface area contributed by atoms with E-state index in [4.69, 9.17) is 0 Å². The molecule has 5 nitrogen and oxygen atoms in total. The second-order valence-electron chi connectivity index (χ2n) is 5.90. The quantitative estimate of drug-likeness (QED) is 0.888. The van der Waals surface area contributed by atoms with Gasteiger partial charge in [0.2, 0.25) is 5.43 Å². The van der Waals surface area contributed by atoms with Crippen molar-refractivity contribution >= 4 is 27.5 Å². The Hall–Kier alpha value is -1.66. The smallest absolute Gasteiger partial charge is 0.258 e. The average Bonchev–Trinajstić information content (AvgIpc) is 2.98. The van der Waals surface area contributed by atoms with Gasteiger partial charge in [-0.3, -0.25) is 14.5 Å². The van der Waals surface area contributed by atoms with Gasteiger partial charge in [-0.1, -0.05) is 0 Å². The summed E-state index contributed by atoms with van der Waals surface area (Å²) >= 11 is 1.37. The number of rotatable bonds is 2. The van der Waals surface area contributed by atoms with Crippen molar-refractivity contribution in [1.82, 2.24) is 15.2 Å². The van der Waals surface area contributed by atoms with Gasteiger partial charge in [-0.2, -0.15) is 0 Å². The molecule has 3 aliphatic rings. The number of nitrogens with zero attached hydrogens (tertiary/aromatic N) is 1. The summed E-state index contributed by atoms with van der Waals surface area (Å²) in [7, 11) is 0. The first-order chi connectivity index (χ1) is 10.2. The van der Waals surface area contributed by atoms with Crippen molar-refractivity contribution in [2.45, 2.75) is 25.4 Å². The highest BCUT2D eigenvalue weighted by molar-refractivity contribution is 7.17. The van der Waals surface area contributed by atoms with Crippen LogP contribution in [0, 0.1) is 5.92 Å². The second-order valence-corrected chi connectivity index (χ2v) is 6.82. The lowest BCUT2D eigenvalue weighted by molar-refractivity contribution is 0.0294. The molecule has 2 aromatic heterocycles. The van der Waals surface area contributed by atoms with E-state index < -0.39 is 0 Å². The van der Waals surface area contributed by atoms with Gasteiger partial charge in [-0.25, -0.2) is 0 Å². The molecule has 0 radical (unpaired) electrons. The summed E-state index contributed by atoms with van der Waals surface area (Å²) in [5.41, 5.74) is 0.835. The number of thiophene rings is 1. The van der Waals surface area contributed by atoms with Crippen LogP contribution in [0.15, 0.2) is 22.4 Å². The number of nitrogens with one attached hydrogen (secondary N) is 2. The van der Waals surface area contributed by atoms with Crippen LogP contribution >= 0.6 is 11.3 Å². The van der Waals surface area contributed by atoms with Gasteiger partial charge in [0, 0.05) is 19.3 Å². The predicted molar refractivity (Wildman–Crippen MR) is 82.6 cm³/mol. The van der Waals surface area contributed by atoms with Crippen molar-refractivity contribution in [2.75, 3.05) is 13.1 Å². The summed E-state index contributed by atoms with van der Waals surface area (Å²) in [5, 5.41) is 4.89. The van der Waals surface area contributed by atoms with E-state index in [-0.39, 0.29) is 23.1 Å². The van der Waals surface area contributed by atoms with Crippen molar-refractivity contribution in [3.63, 3.8) is 0 Å².